The molecule has 27 heavy (non-hydrogen) atoms. The number of fused-ring (bicyclic) bond motifs is 1. The van der Waals surface area contributed by atoms with E-state index in [2.05, 4.69) is 0 Å². The highest BCUT2D eigenvalue weighted by Crippen LogP contribution is 2.38. The summed E-state index contributed by atoms with van der Waals surface area (Å²) in [6.07, 6.45) is -0.168. The van der Waals surface area contributed by atoms with E-state index in [1.54, 1.807) is 25.1 Å². The van der Waals surface area contributed by atoms with E-state index in [0.29, 0.717) is 30.3 Å². The molecular weight excluding hydrogens is 356 g/mol. The lowest BCUT2D eigenvalue weighted by Crippen LogP contribution is -2.17. The first kappa shape index (κ1) is 18.8. The number of rotatable bonds is 6. The van der Waals surface area contributed by atoms with Crippen molar-refractivity contribution in [2.24, 2.45) is 0 Å². The lowest BCUT2D eigenvalue weighted by Gasteiger charge is -2.22. The molecule has 0 saturated carbocycles. The molecule has 0 fully saturated rings. The maximum Gasteiger partial charge on any atom is 0.306 e. The lowest BCUT2D eigenvalue weighted by molar-refractivity contribution is -0.143. The average molecular weight is 376 g/mol. The Kier molecular flexibility index (Phi) is 5.66. The van der Waals surface area contributed by atoms with E-state index < -0.39 is 29.7 Å². The maximum atomic E-state index is 12.1. The van der Waals surface area contributed by atoms with E-state index in [0.717, 1.165) is 6.07 Å². The van der Waals surface area contributed by atoms with Crippen LogP contribution in [0.5, 0.6) is 17.2 Å². The fraction of sp³-hybridized carbons (Fsp3) is 0.368. The molecule has 0 saturated heterocycles. The van der Waals surface area contributed by atoms with Gasteiger partial charge in [0, 0.05) is 6.07 Å². The maximum absolute atomic E-state index is 12.1. The molecule has 0 amide bonds. The minimum absolute atomic E-state index is 0.0146. The summed E-state index contributed by atoms with van der Waals surface area (Å²) in [7, 11) is 0. The Morgan fingerprint density at radius 3 is 2.67 bits per heavy atom. The van der Waals surface area contributed by atoms with Gasteiger partial charge in [-0.2, -0.15) is 0 Å². The summed E-state index contributed by atoms with van der Waals surface area (Å²) in [6.45, 7) is 2.18. The second kappa shape index (κ2) is 8.13. The van der Waals surface area contributed by atoms with Gasteiger partial charge in [-0.1, -0.05) is 6.07 Å². The van der Waals surface area contributed by atoms with E-state index in [1.807, 2.05) is 0 Å². The zero-order valence-corrected chi connectivity index (χ0v) is 14.8. The first-order valence-corrected chi connectivity index (χ1v) is 8.55. The van der Waals surface area contributed by atoms with Crippen LogP contribution in [0.3, 0.4) is 0 Å². The van der Waals surface area contributed by atoms with Gasteiger partial charge in [-0.25, -0.2) is 0 Å². The van der Waals surface area contributed by atoms with Gasteiger partial charge in [0.1, 0.15) is 25.6 Å². The number of esters is 1. The molecule has 8 heteroatoms. The molecule has 0 aliphatic carbocycles. The number of carbonyl (C=O) groups excluding carboxylic acids is 1. The van der Waals surface area contributed by atoms with Crippen LogP contribution in [-0.2, 0) is 16.1 Å². The van der Waals surface area contributed by atoms with Crippen LogP contribution in [-0.4, -0.2) is 36.0 Å². The molecular formula is C19H20O8. The molecule has 1 atom stereocenters. The van der Waals surface area contributed by atoms with Crippen LogP contribution in [0.15, 0.2) is 33.5 Å². The van der Waals surface area contributed by atoms with Crippen LogP contribution < -0.4 is 14.9 Å². The number of aliphatic hydroxyl groups is 1. The van der Waals surface area contributed by atoms with Gasteiger partial charge in [0.25, 0.3) is 0 Å². The molecule has 8 nitrogen and oxygen atoms in total. The fourth-order valence-corrected chi connectivity index (χ4v) is 2.89. The molecule has 1 aromatic carbocycles. The Balaban J connectivity index is 2.08. The zero-order valence-electron chi connectivity index (χ0n) is 14.8. The molecule has 1 aliphatic heterocycles. The van der Waals surface area contributed by atoms with Gasteiger partial charge in [-0.15, -0.1) is 0 Å². The molecule has 1 unspecified atom stereocenters. The predicted molar refractivity (Wildman–Crippen MR) is 93.1 cm³/mol. The van der Waals surface area contributed by atoms with Gasteiger partial charge >= 0.3 is 5.97 Å². The highest BCUT2D eigenvalue weighted by Gasteiger charge is 2.28. The van der Waals surface area contributed by atoms with Gasteiger partial charge in [-0.05, 0) is 24.6 Å². The molecule has 1 aromatic heterocycles. The monoisotopic (exact) mass is 376 g/mol. The Morgan fingerprint density at radius 2 is 1.96 bits per heavy atom. The van der Waals surface area contributed by atoms with Crippen LogP contribution in [0.2, 0.25) is 0 Å². The molecule has 2 N–H and O–H groups in total. The Hall–Kier alpha value is -3.00. The SMILES string of the molecule is CCOC(=O)CC(c1ccc2c(c1)OCCO2)c1oc(CO)cc(=O)c1O. The van der Waals surface area contributed by atoms with Crippen molar-refractivity contribution in [3.63, 3.8) is 0 Å². The second-order valence-electron chi connectivity index (χ2n) is 5.91. The highest BCUT2D eigenvalue weighted by molar-refractivity contribution is 5.71. The Bertz CT molecular complexity index is 886. The van der Waals surface area contributed by atoms with Crippen molar-refractivity contribution in [1.29, 1.82) is 0 Å². The van der Waals surface area contributed by atoms with Crippen molar-refractivity contribution < 1.29 is 33.6 Å². The first-order valence-electron chi connectivity index (χ1n) is 8.55. The van der Waals surface area contributed by atoms with E-state index in [4.69, 9.17) is 18.6 Å². The summed E-state index contributed by atoms with van der Waals surface area (Å²) in [4.78, 5) is 24.1. The molecule has 0 radical (unpaired) electrons. The molecule has 0 spiro atoms. The van der Waals surface area contributed by atoms with E-state index in [-0.39, 0.29) is 24.5 Å². The topological polar surface area (TPSA) is 115 Å². The largest absolute Gasteiger partial charge is 0.502 e. The van der Waals surface area contributed by atoms with Crippen LogP contribution in [0.4, 0.5) is 0 Å². The van der Waals surface area contributed by atoms with Gasteiger partial charge in [0.05, 0.1) is 18.9 Å². The number of ether oxygens (including phenoxy) is 3. The predicted octanol–water partition coefficient (Wildman–Crippen LogP) is 1.69. The van der Waals surface area contributed by atoms with Crippen molar-refractivity contribution in [3.8, 4) is 17.2 Å². The summed E-state index contributed by atoms with van der Waals surface area (Å²) >= 11 is 0. The van der Waals surface area contributed by atoms with E-state index in [9.17, 15) is 19.8 Å². The number of aliphatic hydroxyl groups excluding tert-OH is 1. The van der Waals surface area contributed by atoms with Crippen molar-refractivity contribution in [1.82, 2.24) is 0 Å². The van der Waals surface area contributed by atoms with Crippen molar-refractivity contribution in [2.45, 2.75) is 25.9 Å². The number of hydrogen-bond donors (Lipinski definition) is 2. The molecule has 2 heterocycles. The lowest BCUT2D eigenvalue weighted by atomic mass is 9.91. The number of hydrogen-bond acceptors (Lipinski definition) is 8. The van der Waals surface area contributed by atoms with Crippen LogP contribution in [0.25, 0.3) is 0 Å². The van der Waals surface area contributed by atoms with Crippen LogP contribution in [0.1, 0.15) is 36.3 Å². The van der Waals surface area contributed by atoms with Gasteiger partial charge < -0.3 is 28.8 Å². The summed E-state index contributed by atoms with van der Waals surface area (Å²) < 4.78 is 21.6. The van der Waals surface area contributed by atoms with Crippen molar-refractivity contribution >= 4 is 5.97 Å². The van der Waals surface area contributed by atoms with Gasteiger partial charge in [0.15, 0.2) is 17.3 Å². The minimum atomic E-state index is -0.806. The average Bonchev–Trinajstić information content (AvgIpc) is 2.68. The Morgan fingerprint density at radius 1 is 1.22 bits per heavy atom. The smallest absolute Gasteiger partial charge is 0.306 e. The number of benzene rings is 1. The zero-order chi connectivity index (χ0) is 19.4. The molecule has 1 aliphatic rings. The molecule has 144 valence electrons. The molecule has 0 bridgehead atoms. The molecule has 2 aromatic rings. The quantitative estimate of drug-likeness (QED) is 0.732. The Labute approximate surface area is 154 Å². The van der Waals surface area contributed by atoms with Crippen molar-refractivity contribution in [3.05, 3.63) is 51.6 Å². The summed E-state index contributed by atoms with van der Waals surface area (Å²) in [5.41, 5.74) is -0.132. The summed E-state index contributed by atoms with van der Waals surface area (Å²) in [5, 5.41) is 19.5. The standard InChI is InChI=1S/C19H20O8/c1-2-24-17(22)9-13(19-18(23)14(21)8-12(10-20)27-19)11-3-4-15-16(7-11)26-6-5-25-15/h3-4,7-8,13,20,23H,2,5-6,9-10H2,1H3. The van der Waals surface area contributed by atoms with Crippen LogP contribution >= 0.6 is 0 Å². The highest BCUT2D eigenvalue weighted by atomic mass is 16.6. The molecule has 3 rings (SSSR count). The van der Waals surface area contributed by atoms with E-state index >= 15 is 0 Å². The number of carbonyl (C=O) groups is 1. The fourth-order valence-electron chi connectivity index (χ4n) is 2.89. The second-order valence-corrected chi connectivity index (χ2v) is 5.91. The van der Waals surface area contributed by atoms with Crippen molar-refractivity contribution in [2.75, 3.05) is 19.8 Å². The third-order valence-corrected chi connectivity index (χ3v) is 4.12. The van der Waals surface area contributed by atoms with Crippen LogP contribution in [0, 0.1) is 0 Å². The van der Waals surface area contributed by atoms with Gasteiger partial charge in [0.2, 0.25) is 11.2 Å². The first-order chi connectivity index (χ1) is 13.0. The third-order valence-electron chi connectivity index (χ3n) is 4.12. The summed E-state index contributed by atoms with van der Waals surface area (Å²) in [6, 6.07) is 6.06. The number of aromatic hydroxyl groups is 1. The summed E-state index contributed by atoms with van der Waals surface area (Å²) in [5.74, 6) is -1.01. The third kappa shape index (κ3) is 4.06. The van der Waals surface area contributed by atoms with E-state index in [1.165, 1.54) is 0 Å². The minimum Gasteiger partial charge on any atom is -0.502 e. The van der Waals surface area contributed by atoms with Gasteiger partial charge in [-0.3, -0.25) is 9.59 Å². The normalized spacial score (nSPS) is 13.9.